The van der Waals surface area contributed by atoms with Gasteiger partial charge >= 0.3 is 12.1 Å². The van der Waals surface area contributed by atoms with Crippen LogP contribution in [0.15, 0.2) is 30.3 Å². The van der Waals surface area contributed by atoms with Crippen molar-refractivity contribution >= 4 is 29.7 Å². The number of carbonyl (C=O) groups excluding carboxylic acids is 1. The van der Waals surface area contributed by atoms with Crippen molar-refractivity contribution in [2.24, 2.45) is 0 Å². The SMILES string of the molecule is CSCC[C@H](NC(=O)[C@H](Cc1ccccc1)NC(=O)O)C(=O)O. The molecule has 1 aromatic rings. The molecular weight excluding hydrogens is 320 g/mol. The summed E-state index contributed by atoms with van der Waals surface area (Å²) in [6.07, 6.45) is 0.920. The molecule has 0 bridgehead atoms. The molecule has 0 aliphatic carbocycles. The number of aliphatic carboxylic acids is 1. The lowest BCUT2D eigenvalue weighted by molar-refractivity contribution is -0.142. The van der Waals surface area contributed by atoms with Crippen molar-refractivity contribution in [3.8, 4) is 0 Å². The zero-order chi connectivity index (χ0) is 17.2. The minimum absolute atomic E-state index is 0.147. The molecule has 0 radical (unpaired) electrons. The quantitative estimate of drug-likeness (QED) is 0.537. The van der Waals surface area contributed by atoms with Crippen molar-refractivity contribution in [3.63, 3.8) is 0 Å². The van der Waals surface area contributed by atoms with Crippen LogP contribution < -0.4 is 10.6 Å². The maximum Gasteiger partial charge on any atom is 0.405 e. The Balaban J connectivity index is 2.77. The van der Waals surface area contributed by atoms with E-state index in [4.69, 9.17) is 10.2 Å². The molecule has 1 rings (SSSR count). The Morgan fingerprint density at radius 3 is 2.26 bits per heavy atom. The second-order valence-electron chi connectivity index (χ2n) is 4.87. The third-order valence-electron chi connectivity index (χ3n) is 3.12. The van der Waals surface area contributed by atoms with Gasteiger partial charge in [0.15, 0.2) is 0 Å². The smallest absolute Gasteiger partial charge is 0.405 e. The van der Waals surface area contributed by atoms with Gasteiger partial charge in [-0.1, -0.05) is 30.3 Å². The number of amides is 2. The molecule has 0 saturated carbocycles. The summed E-state index contributed by atoms with van der Waals surface area (Å²) in [7, 11) is 0. The van der Waals surface area contributed by atoms with Crippen LogP contribution in [-0.4, -0.2) is 52.3 Å². The fourth-order valence-electron chi connectivity index (χ4n) is 1.97. The van der Waals surface area contributed by atoms with Crippen LogP contribution in [0.3, 0.4) is 0 Å². The molecule has 1 aromatic carbocycles. The Labute approximate surface area is 138 Å². The number of carbonyl (C=O) groups is 3. The summed E-state index contributed by atoms with van der Waals surface area (Å²) in [5, 5.41) is 22.6. The van der Waals surface area contributed by atoms with Gasteiger partial charge in [0.1, 0.15) is 12.1 Å². The van der Waals surface area contributed by atoms with Crippen molar-refractivity contribution < 1.29 is 24.6 Å². The van der Waals surface area contributed by atoms with E-state index in [2.05, 4.69) is 10.6 Å². The number of hydrogen-bond acceptors (Lipinski definition) is 4. The number of hydrogen-bond donors (Lipinski definition) is 4. The molecule has 0 heterocycles. The summed E-state index contributed by atoms with van der Waals surface area (Å²) in [5.41, 5.74) is 0.775. The van der Waals surface area contributed by atoms with E-state index in [0.29, 0.717) is 5.75 Å². The van der Waals surface area contributed by atoms with Gasteiger partial charge in [-0.15, -0.1) is 0 Å². The molecule has 0 spiro atoms. The zero-order valence-electron chi connectivity index (χ0n) is 12.7. The minimum atomic E-state index is -1.34. The number of carboxylic acids is 1. The van der Waals surface area contributed by atoms with Crippen molar-refractivity contribution in [1.82, 2.24) is 10.6 Å². The van der Waals surface area contributed by atoms with Crippen LogP contribution in [0.1, 0.15) is 12.0 Å². The fraction of sp³-hybridized carbons (Fsp3) is 0.400. The molecular formula is C15H20N2O5S. The molecule has 0 aromatic heterocycles. The first-order chi connectivity index (χ1) is 10.9. The van der Waals surface area contributed by atoms with Crippen LogP contribution in [0, 0.1) is 0 Å². The van der Waals surface area contributed by atoms with Gasteiger partial charge in [-0.3, -0.25) is 4.79 Å². The highest BCUT2D eigenvalue weighted by Crippen LogP contribution is 2.06. The largest absolute Gasteiger partial charge is 0.480 e. The normalized spacial score (nSPS) is 12.9. The molecule has 126 valence electrons. The van der Waals surface area contributed by atoms with E-state index in [1.165, 1.54) is 11.8 Å². The number of rotatable bonds is 9. The van der Waals surface area contributed by atoms with Gasteiger partial charge in [-0.25, -0.2) is 9.59 Å². The highest BCUT2D eigenvalue weighted by molar-refractivity contribution is 7.98. The Bertz CT molecular complexity index is 538. The topological polar surface area (TPSA) is 116 Å². The summed E-state index contributed by atoms with van der Waals surface area (Å²) >= 11 is 1.47. The average molecular weight is 340 g/mol. The number of thioether (sulfide) groups is 1. The molecule has 0 fully saturated rings. The van der Waals surface area contributed by atoms with Gasteiger partial charge in [0, 0.05) is 6.42 Å². The van der Waals surface area contributed by atoms with Crippen LogP contribution >= 0.6 is 11.8 Å². The third kappa shape index (κ3) is 7.05. The molecule has 2 amide bonds. The Kier molecular flexibility index (Phi) is 7.96. The Morgan fingerprint density at radius 2 is 1.74 bits per heavy atom. The maximum absolute atomic E-state index is 12.3. The van der Waals surface area contributed by atoms with Crippen LogP contribution in [0.5, 0.6) is 0 Å². The van der Waals surface area contributed by atoms with Crippen molar-refractivity contribution in [2.75, 3.05) is 12.0 Å². The fourth-order valence-corrected chi connectivity index (χ4v) is 2.44. The van der Waals surface area contributed by atoms with Gasteiger partial charge in [0.25, 0.3) is 0 Å². The Hall–Kier alpha value is -2.22. The third-order valence-corrected chi connectivity index (χ3v) is 3.77. The first-order valence-electron chi connectivity index (χ1n) is 6.99. The maximum atomic E-state index is 12.3. The molecule has 23 heavy (non-hydrogen) atoms. The summed E-state index contributed by atoms with van der Waals surface area (Å²) < 4.78 is 0. The monoisotopic (exact) mass is 340 g/mol. The van der Waals surface area contributed by atoms with Gasteiger partial charge in [0.2, 0.25) is 5.91 Å². The molecule has 0 saturated heterocycles. The number of benzene rings is 1. The number of nitrogens with one attached hydrogen (secondary N) is 2. The molecule has 2 atom stereocenters. The highest BCUT2D eigenvalue weighted by Gasteiger charge is 2.26. The van der Waals surface area contributed by atoms with Crippen LogP contribution in [0.2, 0.25) is 0 Å². The molecule has 0 aliphatic heterocycles. The lowest BCUT2D eigenvalue weighted by Crippen LogP contribution is -2.52. The van der Waals surface area contributed by atoms with E-state index in [1.807, 2.05) is 12.3 Å². The van der Waals surface area contributed by atoms with E-state index in [1.54, 1.807) is 24.3 Å². The summed E-state index contributed by atoms with van der Waals surface area (Å²) in [4.78, 5) is 34.3. The lowest BCUT2D eigenvalue weighted by atomic mass is 10.0. The Morgan fingerprint density at radius 1 is 1.09 bits per heavy atom. The van der Waals surface area contributed by atoms with E-state index < -0.39 is 30.1 Å². The summed E-state index contributed by atoms with van der Waals surface area (Å²) in [6.45, 7) is 0. The molecule has 4 N–H and O–H groups in total. The molecule has 0 aliphatic rings. The second kappa shape index (κ2) is 9.73. The van der Waals surface area contributed by atoms with Gasteiger partial charge in [-0.05, 0) is 24.0 Å². The lowest BCUT2D eigenvalue weighted by Gasteiger charge is -2.20. The number of carboxylic acid groups (broad SMARTS) is 2. The minimum Gasteiger partial charge on any atom is -0.480 e. The summed E-state index contributed by atoms with van der Waals surface area (Å²) in [5.74, 6) is -1.21. The van der Waals surface area contributed by atoms with Crippen LogP contribution in [0.4, 0.5) is 4.79 Å². The predicted octanol–water partition coefficient (Wildman–Crippen LogP) is 1.19. The molecule has 7 nitrogen and oxygen atoms in total. The van der Waals surface area contributed by atoms with E-state index >= 15 is 0 Å². The average Bonchev–Trinajstić information content (AvgIpc) is 2.50. The van der Waals surface area contributed by atoms with Crippen LogP contribution in [0.25, 0.3) is 0 Å². The van der Waals surface area contributed by atoms with Crippen LogP contribution in [-0.2, 0) is 16.0 Å². The zero-order valence-corrected chi connectivity index (χ0v) is 13.5. The molecule has 0 unspecified atom stereocenters. The van der Waals surface area contributed by atoms with Crippen molar-refractivity contribution in [3.05, 3.63) is 35.9 Å². The van der Waals surface area contributed by atoms with Gasteiger partial charge in [-0.2, -0.15) is 11.8 Å². The van der Waals surface area contributed by atoms with Crippen molar-refractivity contribution in [2.45, 2.75) is 24.9 Å². The van der Waals surface area contributed by atoms with Gasteiger partial charge in [0.05, 0.1) is 0 Å². The first-order valence-corrected chi connectivity index (χ1v) is 8.39. The highest BCUT2D eigenvalue weighted by atomic mass is 32.2. The molecule has 8 heteroatoms. The van der Waals surface area contributed by atoms with E-state index in [-0.39, 0.29) is 12.8 Å². The predicted molar refractivity (Wildman–Crippen MR) is 87.7 cm³/mol. The van der Waals surface area contributed by atoms with E-state index in [0.717, 1.165) is 5.56 Å². The van der Waals surface area contributed by atoms with Gasteiger partial charge < -0.3 is 20.8 Å². The first kappa shape index (κ1) is 18.8. The van der Waals surface area contributed by atoms with Crippen molar-refractivity contribution in [1.29, 1.82) is 0 Å². The van der Waals surface area contributed by atoms with E-state index in [9.17, 15) is 14.4 Å². The summed E-state index contributed by atoms with van der Waals surface area (Å²) in [6, 6.07) is 6.83. The second-order valence-corrected chi connectivity index (χ2v) is 5.86. The standard InChI is InChI=1S/C15H20N2O5S/c1-23-8-7-11(14(19)20)16-13(18)12(17-15(21)22)9-10-5-3-2-4-6-10/h2-6,11-12,17H,7-9H2,1H3,(H,16,18)(H,19,20)(H,21,22)/t11-,12-/m0/s1.